The number of hydrogen-bond donors (Lipinski definition) is 1. The van der Waals surface area contributed by atoms with Gasteiger partial charge in [0.05, 0.1) is 18.8 Å². The summed E-state index contributed by atoms with van der Waals surface area (Å²) in [6.07, 6.45) is -1.10. The summed E-state index contributed by atoms with van der Waals surface area (Å²) in [5.74, 6) is -1.67. The zero-order chi connectivity index (χ0) is 16.1. The van der Waals surface area contributed by atoms with Gasteiger partial charge in [-0.3, -0.25) is 4.79 Å². The minimum Gasteiger partial charge on any atom is -0.481 e. The highest BCUT2D eigenvalue weighted by Gasteiger charge is 2.41. The Kier molecular flexibility index (Phi) is 5.38. The molecule has 1 saturated heterocycles. The van der Waals surface area contributed by atoms with E-state index in [2.05, 4.69) is 0 Å². The molecule has 1 aliphatic heterocycles. The fourth-order valence-electron chi connectivity index (χ4n) is 2.46. The first-order valence-electron chi connectivity index (χ1n) is 7.31. The minimum atomic E-state index is -0.955. The lowest BCUT2D eigenvalue weighted by Crippen LogP contribution is -2.31. The number of nitrogens with zero attached hydrogens (tertiary/aromatic N) is 1. The van der Waals surface area contributed by atoms with E-state index in [0.717, 1.165) is 5.56 Å². The zero-order valence-corrected chi connectivity index (χ0v) is 12.8. The van der Waals surface area contributed by atoms with Crippen molar-refractivity contribution in [1.29, 1.82) is 0 Å². The molecule has 2 atom stereocenters. The Labute approximate surface area is 129 Å². The molecule has 0 saturated carbocycles. The molecule has 1 aromatic carbocycles. The number of benzene rings is 1. The van der Waals surface area contributed by atoms with E-state index in [1.165, 1.54) is 4.90 Å². The van der Waals surface area contributed by atoms with Gasteiger partial charge in [-0.05, 0) is 19.4 Å². The maximum absolute atomic E-state index is 12.1. The van der Waals surface area contributed by atoms with E-state index in [1.807, 2.05) is 44.2 Å². The summed E-state index contributed by atoms with van der Waals surface area (Å²) >= 11 is 0. The highest BCUT2D eigenvalue weighted by atomic mass is 16.6. The average Bonchev–Trinajstić information content (AvgIpc) is 2.89. The van der Waals surface area contributed by atoms with Crippen molar-refractivity contribution in [3.63, 3.8) is 0 Å². The van der Waals surface area contributed by atoms with Gasteiger partial charge in [0.2, 0.25) is 0 Å². The van der Waals surface area contributed by atoms with Crippen molar-refractivity contribution < 1.29 is 24.2 Å². The minimum absolute atomic E-state index is 0.0906. The largest absolute Gasteiger partial charge is 0.481 e. The predicted molar refractivity (Wildman–Crippen MR) is 79.3 cm³/mol. The van der Waals surface area contributed by atoms with Crippen molar-refractivity contribution >= 4 is 12.1 Å². The summed E-state index contributed by atoms with van der Waals surface area (Å²) in [7, 11) is 0. The topological polar surface area (TPSA) is 76.1 Å². The summed E-state index contributed by atoms with van der Waals surface area (Å²) in [5.41, 5.74) is 0.889. The van der Waals surface area contributed by atoms with E-state index in [1.54, 1.807) is 0 Å². The normalized spacial score (nSPS) is 21.1. The summed E-state index contributed by atoms with van der Waals surface area (Å²) in [5, 5.41) is 9.25. The molecule has 1 aliphatic rings. The van der Waals surface area contributed by atoms with Crippen LogP contribution in [-0.4, -0.2) is 47.4 Å². The Hall–Kier alpha value is -2.08. The molecule has 1 amide bonds. The van der Waals surface area contributed by atoms with Gasteiger partial charge >= 0.3 is 12.1 Å². The molecule has 0 unspecified atom stereocenters. The molecule has 22 heavy (non-hydrogen) atoms. The van der Waals surface area contributed by atoms with E-state index in [9.17, 15) is 14.7 Å². The van der Waals surface area contributed by atoms with Crippen LogP contribution in [0.4, 0.5) is 4.79 Å². The van der Waals surface area contributed by atoms with Crippen LogP contribution in [0, 0.1) is 5.92 Å². The smallest absolute Gasteiger partial charge is 0.410 e. The van der Waals surface area contributed by atoms with Gasteiger partial charge in [0.25, 0.3) is 0 Å². The summed E-state index contributed by atoms with van der Waals surface area (Å²) in [6.45, 7) is 4.21. The van der Waals surface area contributed by atoms with E-state index in [-0.39, 0.29) is 25.8 Å². The lowest BCUT2D eigenvalue weighted by Gasteiger charge is -2.18. The van der Waals surface area contributed by atoms with Crippen LogP contribution in [-0.2, 0) is 20.9 Å². The highest BCUT2D eigenvalue weighted by molar-refractivity contribution is 5.75. The van der Waals surface area contributed by atoms with Gasteiger partial charge < -0.3 is 19.5 Å². The lowest BCUT2D eigenvalue weighted by molar-refractivity contribution is -0.146. The molecule has 6 nitrogen and oxygen atoms in total. The number of ether oxygens (including phenoxy) is 2. The van der Waals surface area contributed by atoms with E-state index in [0.29, 0.717) is 0 Å². The quantitative estimate of drug-likeness (QED) is 0.902. The summed E-state index contributed by atoms with van der Waals surface area (Å²) in [6, 6.07) is 9.35. The first-order chi connectivity index (χ1) is 10.5. The average molecular weight is 307 g/mol. The number of carbonyl (C=O) groups is 2. The number of rotatable bonds is 5. The van der Waals surface area contributed by atoms with Crippen LogP contribution in [0.1, 0.15) is 19.4 Å². The number of likely N-dealkylation sites (tertiary alicyclic amines) is 1. The van der Waals surface area contributed by atoms with Gasteiger partial charge in [-0.1, -0.05) is 30.3 Å². The maximum Gasteiger partial charge on any atom is 0.410 e. The molecule has 120 valence electrons. The van der Waals surface area contributed by atoms with Gasteiger partial charge in [0, 0.05) is 6.54 Å². The third kappa shape index (κ3) is 4.21. The second-order valence-electron chi connectivity index (χ2n) is 5.61. The van der Waals surface area contributed by atoms with Gasteiger partial charge in [0.1, 0.15) is 12.5 Å². The van der Waals surface area contributed by atoms with Crippen molar-refractivity contribution in [2.75, 3.05) is 13.1 Å². The van der Waals surface area contributed by atoms with E-state index >= 15 is 0 Å². The second-order valence-corrected chi connectivity index (χ2v) is 5.61. The standard InChI is InChI=1S/C16H21NO5/c1-11(2)22-14-9-17(8-13(14)15(18)19)16(20)21-10-12-6-4-3-5-7-12/h3-7,11,13-14H,8-10H2,1-2H3,(H,18,19)/t13-,14-/m0/s1. The number of hydrogen-bond acceptors (Lipinski definition) is 4. The van der Waals surface area contributed by atoms with Crippen molar-refractivity contribution in [3.8, 4) is 0 Å². The number of carboxylic acid groups (broad SMARTS) is 1. The van der Waals surface area contributed by atoms with Crippen LogP contribution in [0.5, 0.6) is 0 Å². The zero-order valence-electron chi connectivity index (χ0n) is 12.8. The fraction of sp³-hybridized carbons (Fsp3) is 0.500. The molecule has 0 aliphatic carbocycles. The third-order valence-corrected chi connectivity index (χ3v) is 3.49. The van der Waals surface area contributed by atoms with Crippen LogP contribution in [0.3, 0.4) is 0 Å². The molecule has 0 aromatic heterocycles. The molecular weight excluding hydrogens is 286 g/mol. The highest BCUT2D eigenvalue weighted by Crippen LogP contribution is 2.22. The van der Waals surface area contributed by atoms with Crippen molar-refractivity contribution in [2.45, 2.75) is 32.7 Å². The molecule has 2 rings (SSSR count). The van der Waals surface area contributed by atoms with Gasteiger partial charge in [-0.25, -0.2) is 4.79 Å². The molecule has 0 spiro atoms. The van der Waals surface area contributed by atoms with Crippen molar-refractivity contribution in [1.82, 2.24) is 4.90 Å². The van der Waals surface area contributed by atoms with Gasteiger partial charge in [-0.15, -0.1) is 0 Å². The molecule has 0 bridgehead atoms. The van der Waals surface area contributed by atoms with Crippen LogP contribution in [0.15, 0.2) is 30.3 Å². The van der Waals surface area contributed by atoms with Crippen molar-refractivity contribution in [2.24, 2.45) is 5.92 Å². The van der Waals surface area contributed by atoms with Crippen LogP contribution in [0.2, 0.25) is 0 Å². The molecule has 1 heterocycles. The fourth-order valence-corrected chi connectivity index (χ4v) is 2.46. The van der Waals surface area contributed by atoms with Crippen LogP contribution in [0.25, 0.3) is 0 Å². The summed E-state index contributed by atoms with van der Waals surface area (Å²) in [4.78, 5) is 24.8. The Morgan fingerprint density at radius 1 is 1.27 bits per heavy atom. The first kappa shape index (κ1) is 16.3. The molecule has 0 radical (unpaired) electrons. The second kappa shape index (κ2) is 7.26. The Morgan fingerprint density at radius 2 is 1.95 bits per heavy atom. The van der Waals surface area contributed by atoms with Crippen molar-refractivity contribution in [3.05, 3.63) is 35.9 Å². The van der Waals surface area contributed by atoms with Crippen LogP contribution < -0.4 is 0 Å². The Morgan fingerprint density at radius 3 is 2.55 bits per heavy atom. The molecule has 1 fully saturated rings. The molecule has 1 N–H and O–H groups in total. The third-order valence-electron chi connectivity index (χ3n) is 3.49. The van der Waals surface area contributed by atoms with Gasteiger partial charge in [0.15, 0.2) is 0 Å². The summed E-state index contributed by atoms with van der Waals surface area (Å²) < 4.78 is 10.8. The predicted octanol–water partition coefficient (Wildman–Crippen LogP) is 2.13. The number of carboxylic acids is 1. The Balaban J connectivity index is 1.91. The molecule has 1 aromatic rings. The van der Waals surface area contributed by atoms with Crippen LogP contribution >= 0.6 is 0 Å². The van der Waals surface area contributed by atoms with Gasteiger partial charge in [-0.2, -0.15) is 0 Å². The number of aliphatic carboxylic acids is 1. The van der Waals surface area contributed by atoms with E-state index < -0.39 is 24.1 Å². The number of amides is 1. The molecular formula is C16H21NO5. The number of carbonyl (C=O) groups excluding carboxylic acids is 1. The maximum atomic E-state index is 12.1. The monoisotopic (exact) mass is 307 g/mol. The lowest BCUT2D eigenvalue weighted by atomic mass is 10.1. The first-order valence-corrected chi connectivity index (χ1v) is 7.31. The Bertz CT molecular complexity index is 517. The molecule has 6 heteroatoms. The SMILES string of the molecule is CC(C)O[C@H]1CN(C(=O)OCc2ccccc2)C[C@@H]1C(=O)O. The van der Waals surface area contributed by atoms with E-state index in [4.69, 9.17) is 9.47 Å².